The second kappa shape index (κ2) is 11.3. The molecule has 0 aliphatic carbocycles. The third kappa shape index (κ3) is 5.55. The predicted molar refractivity (Wildman–Crippen MR) is 151 cm³/mol. The summed E-state index contributed by atoms with van der Waals surface area (Å²) in [5, 5.41) is 4.71. The van der Waals surface area contributed by atoms with Gasteiger partial charge in [0.1, 0.15) is 0 Å². The van der Waals surface area contributed by atoms with Gasteiger partial charge in [0.05, 0.1) is 0 Å². The van der Waals surface area contributed by atoms with Gasteiger partial charge in [0.15, 0.2) is 0 Å². The van der Waals surface area contributed by atoms with Crippen LogP contribution in [-0.2, 0) is 8.85 Å². The van der Waals surface area contributed by atoms with Crippen molar-refractivity contribution in [1.29, 1.82) is 0 Å². The van der Waals surface area contributed by atoms with Crippen LogP contribution in [0.15, 0.2) is 121 Å². The van der Waals surface area contributed by atoms with Crippen molar-refractivity contribution in [2.45, 2.75) is 39.9 Å². The van der Waals surface area contributed by atoms with Crippen LogP contribution in [0, 0.1) is 0 Å². The van der Waals surface area contributed by atoms with Gasteiger partial charge < -0.3 is 13.5 Å². The molecule has 0 bridgehead atoms. The van der Waals surface area contributed by atoms with E-state index in [-0.39, 0.29) is 12.2 Å². The highest BCUT2D eigenvalue weighted by Crippen LogP contribution is 2.16. The van der Waals surface area contributed by atoms with E-state index in [1.54, 1.807) is 0 Å². The summed E-state index contributed by atoms with van der Waals surface area (Å²) < 4.78 is 18.4. The summed E-state index contributed by atoms with van der Waals surface area (Å²) in [5.74, 6) is 0. The van der Waals surface area contributed by atoms with Crippen LogP contribution in [0.3, 0.4) is 0 Å². The minimum absolute atomic E-state index is 0.0203. The molecule has 4 aromatic rings. The summed E-state index contributed by atoms with van der Waals surface area (Å²) in [6.45, 7) is 8.47. The first-order valence-electron chi connectivity index (χ1n) is 12.3. The fourth-order valence-electron chi connectivity index (χ4n) is 4.60. The first kappa shape index (κ1) is 25.3. The smallest absolute Gasteiger partial charge is 0.331 e. The third-order valence-electron chi connectivity index (χ3n) is 5.90. The largest absolute Gasteiger partial charge is 0.394 e. The number of benzene rings is 4. The number of nitrogens with one attached hydrogen (secondary N) is 1. The first-order chi connectivity index (χ1) is 17.0. The average Bonchev–Trinajstić information content (AvgIpc) is 2.89. The van der Waals surface area contributed by atoms with E-state index in [9.17, 15) is 0 Å². The van der Waals surface area contributed by atoms with Gasteiger partial charge in [-0.1, -0.05) is 121 Å². The summed E-state index contributed by atoms with van der Waals surface area (Å²) in [6.07, 6.45) is 0.0405. The Hall–Kier alpha value is -2.81. The van der Waals surface area contributed by atoms with E-state index in [1.807, 2.05) is 0 Å². The maximum absolute atomic E-state index is 7.07. The van der Waals surface area contributed by atoms with Crippen LogP contribution in [0.2, 0.25) is 0 Å². The molecule has 1 N–H and O–H groups in total. The predicted octanol–water partition coefficient (Wildman–Crippen LogP) is 3.94. The minimum Gasteiger partial charge on any atom is -0.394 e. The number of hydrogen-bond donors (Lipinski definition) is 1. The summed E-state index contributed by atoms with van der Waals surface area (Å²) >= 11 is 0. The second-order valence-electron chi connectivity index (χ2n) is 9.28. The van der Waals surface area contributed by atoms with Crippen LogP contribution < -0.4 is 25.4 Å². The van der Waals surface area contributed by atoms with E-state index in [1.165, 1.54) is 20.7 Å². The van der Waals surface area contributed by atoms with E-state index in [0.29, 0.717) is 0 Å². The zero-order valence-corrected chi connectivity index (χ0v) is 23.0. The normalized spacial score (nSPS) is 12.3. The molecule has 3 nitrogen and oxygen atoms in total. The molecule has 0 saturated carbocycles. The molecule has 0 saturated heterocycles. The molecule has 0 heterocycles. The lowest BCUT2D eigenvalue weighted by molar-refractivity contribution is 0.220. The average molecular weight is 498 g/mol. The van der Waals surface area contributed by atoms with Crippen LogP contribution in [0.4, 0.5) is 0 Å². The van der Waals surface area contributed by atoms with Gasteiger partial charge in [-0.15, -0.1) is 0 Å². The van der Waals surface area contributed by atoms with Crippen molar-refractivity contribution in [3.8, 4) is 0 Å². The fraction of sp³-hybridized carbons (Fsp3) is 0.200. The second-order valence-corrected chi connectivity index (χ2v) is 15.8. The monoisotopic (exact) mass is 497 g/mol. The molecule has 0 spiro atoms. The first-order valence-corrected chi connectivity index (χ1v) is 16.1. The van der Waals surface area contributed by atoms with E-state index in [0.717, 1.165) is 0 Å². The fourth-order valence-corrected chi connectivity index (χ4v) is 14.6. The van der Waals surface area contributed by atoms with Crippen molar-refractivity contribution in [3.63, 3.8) is 0 Å². The molecule has 0 atom stereocenters. The van der Waals surface area contributed by atoms with E-state index in [4.69, 9.17) is 8.85 Å². The van der Waals surface area contributed by atoms with Crippen LogP contribution >= 0.6 is 0 Å². The topological polar surface area (TPSA) is 30.5 Å². The van der Waals surface area contributed by atoms with Gasteiger partial charge in [0.2, 0.25) is 0 Å². The lowest BCUT2D eigenvalue weighted by Gasteiger charge is -2.44. The molecular weight excluding hydrogens is 463 g/mol. The summed E-state index contributed by atoms with van der Waals surface area (Å²) in [6, 6.07) is 42.6. The van der Waals surface area contributed by atoms with Crippen LogP contribution in [0.5, 0.6) is 0 Å². The summed E-state index contributed by atoms with van der Waals surface area (Å²) in [4.78, 5) is 0. The van der Waals surface area contributed by atoms with Crippen LogP contribution in [0.1, 0.15) is 27.7 Å². The Morgan fingerprint density at radius 1 is 0.429 bits per heavy atom. The van der Waals surface area contributed by atoms with Crippen LogP contribution in [0.25, 0.3) is 0 Å². The Labute approximate surface area is 212 Å². The highest BCUT2D eigenvalue weighted by atomic mass is 28.4. The standard InChI is InChI=1S/C30H35NO2Si2/c1-25(2)32-34(27-17-9-5-10-18-27,28-19-11-6-12-20-28)31-35(33-26(3)4,29-21-13-7-14-22-29)30-23-15-8-16-24-30/h5-26,31H,1-4H3. The Morgan fingerprint density at radius 3 is 0.857 bits per heavy atom. The molecule has 0 radical (unpaired) electrons. The molecule has 0 aromatic heterocycles. The van der Waals surface area contributed by atoms with E-state index in [2.05, 4.69) is 154 Å². The van der Waals surface area contributed by atoms with Gasteiger partial charge in [-0.2, -0.15) is 0 Å². The van der Waals surface area contributed by atoms with Crippen molar-refractivity contribution in [2.75, 3.05) is 0 Å². The Morgan fingerprint density at radius 2 is 0.657 bits per heavy atom. The van der Waals surface area contributed by atoms with Crippen molar-refractivity contribution >= 4 is 37.7 Å². The zero-order valence-electron chi connectivity index (χ0n) is 21.0. The molecule has 0 fully saturated rings. The quantitative estimate of drug-likeness (QED) is 0.337. The van der Waals surface area contributed by atoms with Crippen molar-refractivity contribution in [3.05, 3.63) is 121 Å². The highest BCUT2D eigenvalue weighted by molar-refractivity contribution is 7.09. The molecule has 0 amide bonds. The lowest BCUT2D eigenvalue weighted by atomic mass is 10.4. The van der Waals surface area contributed by atoms with Gasteiger partial charge in [0, 0.05) is 12.2 Å². The molecule has 4 rings (SSSR count). The molecule has 0 aliphatic heterocycles. The van der Waals surface area contributed by atoms with Gasteiger partial charge in [-0.05, 0) is 48.4 Å². The zero-order chi connectivity index (χ0) is 24.7. The third-order valence-corrected chi connectivity index (χ3v) is 15.0. The molecule has 0 aliphatic rings. The van der Waals surface area contributed by atoms with Crippen LogP contribution in [-0.4, -0.2) is 29.2 Å². The highest BCUT2D eigenvalue weighted by Gasteiger charge is 2.53. The molecule has 0 unspecified atom stereocenters. The lowest BCUT2D eigenvalue weighted by Crippen LogP contribution is -2.85. The molecule has 4 aromatic carbocycles. The number of hydrogen-bond acceptors (Lipinski definition) is 3. The molecular formula is C30H35NO2Si2. The molecule has 5 heteroatoms. The Balaban J connectivity index is 2.05. The van der Waals surface area contributed by atoms with E-state index >= 15 is 0 Å². The summed E-state index contributed by atoms with van der Waals surface area (Å²) in [5.41, 5.74) is 0. The number of rotatable bonds is 10. The van der Waals surface area contributed by atoms with Gasteiger partial charge >= 0.3 is 17.0 Å². The van der Waals surface area contributed by atoms with Crippen molar-refractivity contribution in [2.24, 2.45) is 0 Å². The molecule has 35 heavy (non-hydrogen) atoms. The molecule has 180 valence electrons. The van der Waals surface area contributed by atoms with Gasteiger partial charge in [0.25, 0.3) is 0 Å². The maximum atomic E-state index is 7.07. The van der Waals surface area contributed by atoms with E-state index < -0.39 is 17.0 Å². The summed E-state index contributed by atoms with van der Waals surface area (Å²) in [7, 11) is -5.98. The minimum atomic E-state index is -2.99. The van der Waals surface area contributed by atoms with Gasteiger partial charge in [-0.3, -0.25) is 0 Å². The maximum Gasteiger partial charge on any atom is 0.331 e. The van der Waals surface area contributed by atoms with Gasteiger partial charge in [-0.25, -0.2) is 0 Å². The SMILES string of the molecule is CC(C)O[Si](N[Si](OC(C)C)(c1ccccc1)c1ccccc1)(c1ccccc1)c1ccccc1. The Kier molecular flexibility index (Phi) is 8.16. The van der Waals surface area contributed by atoms with Crippen molar-refractivity contribution < 1.29 is 8.85 Å². The van der Waals surface area contributed by atoms with Crippen molar-refractivity contribution in [1.82, 2.24) is 4.65 Å². The Bertz CT molecular complexity index is 996.